The maximum absolute atomic E-state index is 12.6. The van der Waals surface area contributed by atoms with Gasteiger partial charge in [0.05, 0.1) is 0 Å². The second-order valence-electron chi connectivity index (χ2n) is 6.30. The monoisotopic (exact) mass is 362 g/mol. The van der Waals surface area contributed by atoms with Crippen LogP contribution in [0.3, 0.4) is 0 Å². The highest BCUT2D eigenvalue weighted by Gasteiger charge is 2.26. The van der Waals surface area contributed by atoms with Gasteiger partial charge in [-0.3, -0.25) is 4.79 Å². The van der Waals surface area contributed by atoms with E-state index >= 15 is 0 Å². The number of likely N-dealkylation sites (tertiary alicyclic amines) is 1. The number of benzene rings is 2. The number of hydrogen-bond acceptors (Lipinski definition) is 2. The maximum Gasteiger partial charge on any atom is 0.253 e. The van der Waals surface area contributed by atoms with Gasteiger partial charge in [-0.2, -0.15) is 0 Å². The maximum atomic E-state index is 12.6. The fraction of sp³-hybridized carbons (Fsp3) is 0.316. The third-order valence-corrected chi connectivity index (χ3v) is 5.27. The zero-order valence-electron chi connectivity index (χ0n) is 13.6. The summed E-state index contributed by atoms with van der Waals surface area (Å²) in [7, 11) is 0. The minimum absolute atomic E-state index is 0.0438. The minimum Gasteiger partial charge on any atom is -0.398 e. The molecular weight excluding hydrogens is 343 g/mol. The van der Waals surface area contributed by atoms with Crippen molar-refractivity contribution in [3.05, 3.63) is 63.1 Å². The standard InChI is InChI=1S/C19H20Cl2N2O/c1-12-2-3-14(10-18(12)22)19(24)23-8-6-13(7-9-23)16-5-4-15(20)11-17(16)21/h2-5,10-11,13H,6-9,22H2,1H3. The van der Waals surface area contributed by atoms with E-state index in [2.05, 4.69) is 0 Å². The minimum atomic E-state index is 0.0438. The number of carbonyl (C=O) groups is 1. The van der Waals surface area contributed by atoms with Gasteiger partial charge in [0.15, 0.2) is 0 Å². The number of hydrogen-bond donors (Lipinski definition) is 1. The van der Waals surface area contributed by atoms with Crippen molar-refractivity contribution >= 4 is 34.8 Å². The SMILES string of the molecule is Cc1ccc(C(=O)N2CCC(c3ccc(Cl)cc3Cl)CC2)cc1N. The lowest BCUT2D eigenvalue weighted by Gasteiger charge is -2.32. The highest BCUT2D eigenvalue weighted by atomic mass is 35.5. The number of aryl methyl sites for hydroxylation is 1. The van der Waals surface area contributed by atoms with Crippen molar-refractivity contribution in [2.75, 3.05) is 18.8 Å². The number of nitrogen functional groups attached to an aromatic ring is 1. The van der Waals surface area contributed by atoms with Crippen LogP contribution in [0.5, 0.6) is 0 Å². The van der Waals surface area contributed by atoms with Crippen LogP contribution in [-0.2, 0) is 0 Å². The fourth-order valence-electron chi connectivity index (χ4n) is 3.18. The molecule has 0 aliphatic carbocycles. The summed E-state index contributed by atoms with van der Waals surface area (Å²) in [5.41, 5.74) is 9.34. The lowest BCUT2D eigenvalue weighted by Crippen LogP contribution is -2.38. The highest BCUT2D eigenvalue weighted by molar-refractivity contribution is 6.35. The number of nitrogens with zero attached hydrogens (tertiary/aromatic N) is 1. The molecule has 24 heavy (non-hydrogen) atoms. The molecule has 2 N–H and O–H groups in total. The van der Waals surface area contributed by atoms with Crippen molar-refractivity contribution in [3.63, 3.8) is 0 Å². The van der Waals surface area contributed by atoms with Gasteiger partial charge < -0.3 is 10.6 Å². The zero-order chi connectivity index (χ0) is 17.3. The summed E-state index contributed by atoms with van der Waals surface area (Å²) in [6.45, 7) is 3.37. The van der Waals surface area contributed by atoms with Crippen LogP contribution >= 0.6 is 23.2 Å². The first-order valence-corrected chi connectivity index (χ1v) is 8.81. The van der Waals surface area contributed by atoms with E-state index in [1.165, 1.54) is 0 Å². The summed E-state index contributed by atoms with van der Waals surface area (Å²) in [6, 6.07) is 11.1. The predicted molar refractivity (Wildman–Crippen MR) is 99.9 cm³/mol. The molecule has 1 saturated heterocycles. The van der Waals surface area contributed by atoms with E-state index in [0.29, 0.717) is 27.2 Å². The Labute approximate surface area is 152 Å². The first-order valence-electron chi connectivity index (χ1n) is 8.06. The van der Waals surface area contributed by atoms with E-state index in [1.54, 1.807) is 12.1 Å². The van der Waals surface area contributed by atoms with Crippen molar-refractivity contribution in [2.24, 2.45) is 0 Å². The Hall–Kier alpha value is -1.71. The third-order valence-electron chi connectivity index (χ3n) is 4.71. The molecule has 0 unspecified atom stereocenters. The lowest BCUT2D eigenvalue weighted by molar-refractivity contribution is 0.0713. The van der Waals surface area contributed by atoms with Crippen molar-refractivity contribution in [1.29, 1.82) is 0 Å². The Morgan fingerprint density at radius 1 is 1.12 bits per heavy atom. The van der Waals surface area contributed by atoms with E-state index in [0.717, 1.165) is 37.1 Å². The van der Waals surface area contributed by atoms with Gasteiger partial charge >= 0.3 is 0 Å². The van der Waals surface area contributed by atoms with Crippen molar-refractivity contribution in [3.8, 4) is 0 Å². The molecule has 2 aromatic rings. The number of piperidine rings is 1. The zero-order valence-corrected chi connectivity index (χ0v) is 15.1. The number of nitrogens with two attached hydrogens (primary N) is 1. The average molecular weight is 363 g/mol. The molecule has 3 rings (SSSR count). The van der Waals surface area contributed by atoms with Crippen LogP contribution in [0, 0.1) is 6.92 Å². The lowest BCUT2D eigenvalue weighted by atomic mass is 9.89. The Morgan fingerprint density at radius 2 is 1.83 bits per heavy atom. The number of amides is 1. The smallest absolute Gasteiger partial charge is 0.253 e. The average Bonchev–Trinajstić information content (AvgIpc) is 2.57. The molecule has 1 amide bonds. The topological polar surface area (TPSA) is 46.3 Å². The Kier molecular flexibility index (Phi) is 5.02. The van der Waals surface area contributed by atoms with Gasteiger partial charge in [-0.25, -0.2) is 0 Å². The molecule has 1 fully saturated rings. The molecule has 0 spiro atoms. The molecule has 1 aliphatic heterocycles. The van der Waals surface area contributed by atoms with E-state index in [9.17, 15) is 4.79 Å². The van der Waals surface area contributed by atoms with Crippen LogP contribution < -0.4 is 5.73 Å². The molecular formula is C19H20Cl2N2O. The Balaban J connectivity index is 1.68. The summed E-state index contributed by atoms with van der Waals surface area (Å²) >= 11 is 12.3. The number of halogens is 2. The van der Waals surface area contributed by atoms with Gasteiger partial charge in [0.1, 0.15) is 0 Å². The van der Waals surface area contributed by atoms with Crippen LogP contribution in [-0.4, -0.2) is 23.9 Å². The largest absolute Gasteiger partial charge is 0.398 e. The first kappa shape index (κ1) is 17.1. The summed E-state index contributed by atoms with van der Waals surface area (Å²) in [4.78, 5) is 14.5. The molecule has 1 heterocycles. The quantitative estimate of drug-likeness (QED) is 0.771. The summed E-state index contributed by atoms with van der Waals surface area (Å²) < 4.78 is 0. The molecule has 0 atom stereocenters. The number of carbonyl (C=O) groups excluding carboxylic acids is 1. The summed E-state index contributed by atoms with van der Waals surface area (Å²) in [6.07, 6.45) is 1.79. The van der Waals surface area contributed by atoms with E-state index in [4.69, 9.17) is 28.9 Å². The van der Waals surface area contributed by atoms with Crippen LogP contribution in [0.25, 0.3) is 0 Å². The van der Waals surface area contributed by atoms with Gasteiger partial charge in [-0.05, 0) is 61.1 Å². The Morgan fingerprint density at radius 3 is 2.46 bits per heavy atom. The molecule has 5 heteroatoms. The molecule has 2 aromatic carbocycles. The second-order valence-corrected chi connectivity index (χ2v) is 7.15. The number of rotatable bonds is 2. The molecule has 0 saturated carbocycles. The van der Waals surface area contributed by atoms with Crippen molar-refractivity contribution in [1.82, 2.24) is 4.90 Å². The van der Waals surface area contributed by atoms with E-state index in [-0.39, 0.29) is 5.91 Å². The molecule has 0 aromatic heterocycles. The van der Waals surface area contributed by atoms with Crippen LogP contribution in [0.15, 0.2) is 36.4 Å². The van der Waals surface area contributed by atoms with E-state index in [1.807, 2.05) is 36.1 Å². The number of anilines is 1. The Bertz CT molecular complexity index is 768. The van der Waals surface area contributed by atoms with Gasteiger partial charge in [0.25, 0.3) is 5.91 Å². The van der Waals surface area contributed by atoms with Gasteiger partial charge in [0.2, 0.25) is 0 Å². The van der Waals surface area contributed by atoms with Crippen LogP contribution in [0.1, 0.15) is 40.2 Å². The van der Waals surface area contributed by atoms with E-state index < -0.39 is 0 Å². The predicted octanol–water partition coefficient (Wildman–Crippen LogP) is 4.90. The van der Waals surface area contributed by atoms with Crippen molar-refractivity contribution < 1.29 is 4.79 Å². The normalized spacial score (nSPS) is 15.5. The molecule has 0 radical (unpaired) electrons. The third kappa shape index (κ3) is 3.52. The second kappa shape index (κ2) is 7.04. The molecule has 126 valence electrons. The molecule has 3 nitrogen and oxygen atoms in total. The highest BCUT2D eigenvalue weighted by Crippen LogP contribution is 2.34. The van der Waals surface area contributed by atoms with Gasteiger partial charge in [-0.15, -0.1) is 0 Å². The molecule has 1 aliphatic rings. The van der Waals surface area contributed by atoms with Crippen molar-refractivity contribution in [2.45, 2.75) is 25.7 Å². The fourth-order valence-corrected chi connectivity index (χ4v) is 3.75. The van der Waals surface area contributed by atoms with Gasteiger partial charge in [-0.1, -0.05) is 35.3 Å². The summed E-state index contributed by atoms with van der Waals surface area (Å²) in [5.74, 6) is 0.407. The van der Waals surface area contributed by atoms with Crippen LogP contribution in [0.4, 0.5) is 5.69 Å². The summed E-state index contributed by atoms with van der Waals surface area (Å²) in [5, 5.41) is 1.35. The molecule has 0 bridgehead atoms. The van der Waals surface area contributed by atoms with Gasteiger partial charge in [0, 0.05) is 34.4 Å². The first-order chi connectivity index (χ1) is 11.5. The van der Waals surface area contributed by atoms with Crippen LogP contribution in [0.2, 0.25) is 10.0 Å².